The number of anilines is 1. The van der Waals surface area contributed by atoms with Crippen molar-refractivity contribution in [1.82, 2.24) is 0 Å². The highest BCUT2D eigenvalue weighted by molar-refractivity contribution is 7.17. The first-order valence-electron chi connectivity index (χ1n) is 9.35. The molecule has 1 N–H and O–H groups in total. The summed E-state index contributed by atoms with van der Waals surface area (Å²) in [7, 11) is 0. The van der Waals surface area contributed by atoms with E-state index < -0.39 is 11.9 Å². The monoisotopic (exact) mass is 414 g/mol. The predicted octanol–water partition coefficient (Wildman–Crippen LogP) is 5.05. The highest BCUT2D eigenvalue weighted by atomic mass is 32.1. The summed E-state index contributed by atoms with van der Waals surface area (Å²) in [4.78, 5) is 27.2. The molecular weight excluding hydrogens is 392 g/mol. The molecule has 28 heavy (non-hydrogen) atoms. The number of nitriles is 1. The molecular formula is C21H22N2O3S2. The second-order valence-corrected chi connectivity index (χ2v) is 8.67. The molecule has 0 bridgehead atoms. The van der Waals surface area contributed by atoms with Gasteiger partial charge in [-0.3, -0.25) is 4.79 Å². The Morgan fingerprint density at radius 3 is 2.89 bits per heavy atom. The van der Waals surface area contributed by atoms with E-state index in [2.05, 4.69) is 12.2 Å². The largest absolute Gasteiger partial charge is 0.462 e. The van der Waals surface area contributed by atoms with Gasteiger partial charge >= 0.3 is 5.97 Å². The molecule has 0 radical (unpaired) electrons. The molecule has 1 unspecified atom stereocenters. The number of amides is 1. The number of carbonyl (C=O) groups is 2. The summed E-state index contributed by atoms with van der Waals surface area (Å²) in [5.41, 5.74) is 1.46. The first-order chi connectivity index (χ1) is 13.6. The van der Waals surface area contributed by atoms with Gasteiger partial charge in [0, 0.05) is 9.75 Å². The molecule has 0 spiro atoms. The van der Waals surface area contributed by atoms with Gasteiger partial charge in [0.15, 0.2) is 0 Å². The maximum atomic E-state index is 12.7. The average Bonchev–Trinajstić information content (AvgIpc) is 3.32. The summed E-state index contributed by atoms with van der Waals surface area (Å²) >= 11 is 2.88. The Morgan fingerprint density at radius 2 is 2.25 bits per heavy atom. The molecule has 2 aromatic heterocycles. The zero-order valence-electron chi connectivity index (χ0n) is 15.9. The van der Waals surface area contributed by atoms with Crippen LogP contribution in [0, 0.1) is 17.2 Å². The Morgan fingerprint density at radius 1 is 1.43 bits per heavy atom. The number of carbonyl (C=O) groups excluding carboxylic acids is 2. The van der Waals surface area contributed by atoms with Crippen molar-refractivity contribution in [3.63, 3.8) is 0 Å². The topological polar surface area (TPSA) is 79.2 Å². The van der Waals surface area contributed by atoms with E-state index in [0.29, 0.717) is 16.5 Å². The third-order valence-corrected chi connectivity index (χ3v) is 6.84. The van der Waals surface area contributed by atoms with E-state index in [4.69, 9.17) is 4.74 Å². The van der Waals surface area contributed by atoms with Gasteiger partial charge in [-0.25, -0.2) is 4.79 Å². The van der Waals surface area contributed by atoms with Crippen molar-refractivity contribution >= 4 is 45.6 Å². The summed E-state index contributed by atoms with van der Waals surface area (Å²) in [6.07, 6.45) is 5.40. The molecule has 0 aliphatic heterocycles. The summed E-state index contributed by atoms with van der Waals surface area (Å²) in [6, 6.07) is 5.66. The van der Waals surface area contributed by atoms with Crippen molar-refractivity contribution in [2.75, 3.05) is 11.9 Å². The highest BCUT2D eigenvalue weighted by Crippen LogP contribution is 2.41. The van der Waals surface area contributed by atoms with Gasteiger partial charge in [-0.05, 0) is 55.2 Å². The van der Waals surface area contributed by atoms with E-state index in [1.165, 1.54) is 22.7 Å². The second-order valence-electron chi connectivity index (χ2n) is 6.58. The van der Waals surface area contributed by atoms with Gasteiger partial charge in [-0.15, -0.1) is 22.7 Å². The van der Waals surface area contributed by atoms with Crippen molar-refractivity contribution in [1.29, 1.82) is 5.26 Å². The molecule has 1 atom stereocenters. The van der Waals surface area contributed by atoms with E-state index in [1.54, 1.807) is 13.0 Å². The van der Waals surface area contributed by atoms with Crippen LogP contribution in [-0.2, 0) is 22.4 Å². The van der Waals surface area contributed by atoms with Gasteiger partial charge in [0.25, 0.3) is 5.91 Å². The molecule has 2 heterocycles. The van der Waals surface area contributed by atoms with Crippen LogP contribution >= 0.6 is 22.7 Å². The van der Waals surface area contributed by atoms with Crippen molar-refractivity contribution in [3.8, 4) is 6.07 Å². The van der Waals surface area contributed by atoms with E-state index in [1.807, 2.05) is 23.6 Å². The molecule has 146 valence electrons. The Hall–Kier alpha value is -2.43. The first-order valence-corrected chi connectivity index (χ1v) is 11.0. The minimum atomic E-state index is -0.507. The summed E-state index contributed by atoms with van der Waals surface area (Å²) in [6.45, 7) is 4.21. The first kappa shape index (κ1) is 20.3. The number of hydrogen-bond donors (Lipinski definition) is 1. The van der Waals surface area contributed by atoms with E-state index in [0.717, 1.165) is 41.0 Å². The fourth-order valence-electron chi connectivity index (χ4n) is 3.34. The quantitative estimate of drug-likeness (QED) is 0.408. The summed E-state index contributed by atoms with van der Waals surface area (Å²) in [5.74, 6) is -0.323. The Bertz CT molecular complexity index is 936. The number of esters is 1. The molecule has 0 aromatic carbocycles. The molecule has 5 nitrogen and oxygen atoms in total. The van der Waals surface area contributed by atoms with Crippen molar-refractivity contribution in [2.24, 2.45) is 5.92 Å². The highest BCUT2D eigenvalue weighted by Gasteiger charge is 2.30. The van der Waals surface area contributed by atoms with Gasteiger partial charge in [-0.2, -0.15) is 5.26 Å². The molecule has 0 saturated carbocycles. The summed E-state index contributed by atoms with van der Waals surface area (Å²) in [5, 5.41) is 14.6. The molecule has 2 aromatic rings. The maximum absolute atomic E-state index is 12.7. The number of thiophene rings is 2. The lowest BCUT2D eigenvalue weighted by Gasteiger charge is -2.20. The smallest absolute Gasteiger partial charge is 0.341 e. The van der Waals surface area contributed by atoms with E-state index >= 15 is 0 Å². The van der Waals surface area contributed by atoms with Crippen molar-refractivity contribution in [2.45, 2.75) is 39.5 Å². The number of nitrogens with one attached hydrogen (secondary N) is 1. The normalized spacial score (nSPS) is 16.2. The van der Waals surface area contributed by atoms with Crippen LogP contribution in [0.1, 0.15) is 52.4 Å². The summed E-state index contributed by atoms with van der Waals surface area (Å²) < 4.78 is 5.24. The van der Waals surface area contributed by atoms with Crippen LogP contribution in [0.2, 0.25) is 0 Å². The van der Waals surface area contributed by atoms with Crippen LogP contribution in [0.25, 0.3) is 6.08 Å². The third-order valence-electron chi connectivity index (χ3n) is 4.85. The standard InChI is InChI=1S/C21H22N2O3S2/c1-3-13-7-8-16-17(10-13)28-20(18(16)21(25)26-4-2)23-19(24)14(12-22)11-15-6-5-9-27-15/h5-6,9,11,13H,3-4,7-8,10H2,1-2H3,(H,23,24)/b14-11+. The van der Waals surface area contributed by atoms with Gasteiger partial charge in [0.2, 0.25) is 0 Å². The maximum Gasteiger partial charge on any atom is 0.341 e. The minimum Gasteiger partial charge on any atom is -0.462 e. The zero-order valence-corrected chi connectivity index (χ0v) is 17.5. The molecule has 7 heteroatoms. The number of nitrogens with zero attached hydrogens (tertiary/aromatic N) is 1. The van der Waals surface area contributed by atoms with E-state index in [9.17, 15) is 14.9 Å². The molecule has 1 aliphatic carbocycles. The lowest BCUT2D eigenvalue weighted by molar-refractivity contribution is -0.112. The van der Waals surface area contributed by atoms with Gasteiger partial charge in [0.05, 0.1) is 12.2 Å². The van der Waals surface area contributed by atoms with Gasteiger partial charge in [-0.1, -0.05) is 19.4 Å². The van der Waals surface area contributed by atoms with Gasteiger partial charge in [0.1, 0.15) is 16.6 Å². The molecule has 1 aliphatic rings. The Kier molecular flexibility index (Phi) is 6.65. The predicted molar refractivity (Wildman–Crippen MR) is 113 cm³/mol. The number of fused-ring (bicyclic) bond motifs is 1. The Balaban J connectivity index is 1.92. The SMILES string of the molecule is CCOC(=O)c1c(NC(=O)/C(C#N)=C/c2cccs2)sc2c1CCC(CC)C2. The number of ether oxygens (including phenoxy) is 1. The van der Waals surface area contributed by atoms with Crippen LogP contribution in [0.3, 0.4) is 0 Å². The molecule has 1 amide bonds. The van der Waals surface area contributed by atoms with Crippen molar-refractivity contribution in [3.05, 3.63) is 44.0 Å². The minimum absolute atomic E-state index is 0.00932. The number of hydrogen-bond acceptors (Lipinski definition) is 6. The molecule has 3 rings (SSSR count). The third kappa shape index (κ3) is 4.34. The fraction of sp³-hybridized carbons (Fsp3) is 0.381. The molecule has 0 saturated heterocycles. The second kappa shape index (κ2) is 9.18. The van der Waals surface area contributed by atoms with E-state index in [-0.39, 0.29) is 12.2 Å². The van der Waals surface area contributed by atoms with Crippen LogP contribution in [0.15, 0.2) is 23.1 Å². The average molecular weight is 415 g/mol. The lowest BCUT2D eigenvalue weighted by Crippen LogP contribution is -2.17. The van der Waals surface area contributed by atoms with Crippen LogP contribution in [0.5, 0.6) is 0 Å². The molecule has 0 fully saturated rings. The number of rotatable bonds is 6. The zero-order chi connectivity index (χ0) is 20.1. The fourth-order valence-corrected chi connectivity index (χ4v) is 5.35. The lowest BCUT2D eigenvalue weighted by atomic mass is 9.85. The van der Waals surface area contributed by atoms with Gasteiger partial charge < -0.3 is 10.1 Å². The van der Waals surface area contributed by atoms with Crippen LogP contribution < -0.4 is 5.32 Å². The van der Waals surface area contributed by atoms with Crippen molar-refractivity contribution < 1.29 is 14.3 Å². The van der Waals surface area contributed by atoms with Crippen LogP contribution in [-0.4, -0.2) is 18.5 Å². The Labute approximate surface area is 172 Å². The van der Waals surface area contributed by atoms with Crippen LogP contribution in [0.4, 0.5) is 5.00 Å².